The van der Waals surface area contributed by atoms with Gasteiger partial charge in [-0.3, -0.25) is 14.5 Å². The monoisotopic (exact) mass is 618 g/mol. The number of fused-ring (bicyclic) bond motifs is 1. The summed E-state index contributed by atoms with van der Waals surface area (Å²) < 4.78 is 22.1. The van der Waals surface area contributed by atoms with Gasteiger partial charge in [-0.15, -0.1) is 23.7 Å². The lowest BCUT2D eigenvalue weighted by Crippen LogP contribution is -2.22. The van der Waals surface area contributed by atoms with Gasteiger partial charge < -0.3 is 9.30 Å². The van der Waals surface area contributed by atoms with Crippen LogP contribution in [0, 0.1) is 11.7 Å². The lowest BCUT2D eigenvalue weighted by molar-refractivity contribution is 0.0966. The largest absolute Gasteiger partial charge is 0.497 e. The van der Waals surface area contributed by atoms with Gasteiger partial charge in [0.2, 0.25) is 5.43 Å². The number of methoxy groups -OCH3 is 1. The number of Topliss-reactive ketones (excluding diaryl/α,β-unsaturated/α-hetero) is 1. The summed E-state index contributed by atoms with van der Waals surface area (Å²) in [7, 11) is 3.66. The van der Waals surface area contributed by atoms with E-state index >= 15 is 0 Å². The van der Waals surface area contributed by atoms with Crippen LogP contribution in [0.4, 0.5) is 4.39 Å². The second-order valence-electron chi connectivity index (χ2n) is 11.1. The van der Waals surface area contributed by atoms with Gasteiger partial charge in [-0.25, -0.2) is 4.39 Å². The molecule has 2 aromatic heterocycles. The van der Waals surface area contributed by atoms with Crippen LogP contribution in [-0.2, 0) is 19.6 Å². The lowest BCUT2D eigenvalue weighted by Gasteiger charge is -2.18. The smallest absolute Gasteiger partial charge is 0.201 e. The Morgan fingerprint density at radius 2 is 1.65 bits per heavy atom. The van der Waals surface area contributed by atoms with Gasteiger partial charge in [0.15, 0.2) is 5.78 Å². The van der Waals surface area contributed by atoms with Crippen LogP contribution < -0.4 is 10.2 Å². The fourth-order valence-electron chi connectivity index (χ4n) is 5.25. The zero-order valence-corrected chi connectivity index (χ0v) is 26.4. The van der Waals surface area contributed by atoms with Gasteiger partial charge >= 0.3 is 0 Å². The first-order valence-corrected chi connectivity index (χ1v) is 14.9. The molecule has 0 spiro atoms. The number of ketones is 1. The quantitative estimate of drug-likeness (QED) is 0.140. The van der Waals surface area contributed by atoms with E-state index in [2.05, 4.69) is 17.0 Å². The maximum atomic E-state index is 14.8. The van der Waals surface area contributed by atoms with E-state index in [1.807, 2.05) is 67.9 Å². The van der Waals surface area contributed by atoms with E-state index in [0.29, 0.717) is 24.0 Å². The van der Waals surface area contributed by atoms with Gasteiger partial charge in [-0.1, -0.05) is 62.4 Å². The average molecular weight is 619 g/mol. The molecule has 5 nitrogen and oxygen atoms in total. The predicted octanol–water partition coefficient (Wildman–Crippen LogP) is 8.21. The Kier molecular flexibility index (Phi) is 10.6. The zero-order valence-electron chi connectivity index (χ0n) is 24.8. The van der Waals surface area contributed by atoms with Crippen molar-refractivity contribution in [3.05, 3.63) is 123 Å². The molecule has 0 aliphatic heterocycles. The minimum absolute atomic E-state index is 0. The van der Waals surface area contributed by atoms with E-state index in [0.717, 1.165) is 32.1 Å². The van der Waals surface area contributed by atoms with Gasteiger partial charge in [0.05, 0.1) is 24.6 Å². The van der Waals surface area contributed by atoms with Crippen LogP contribution in [0.2, 0.25) is 0 Å². The minimum atomic E-state index is -0.325. The highest BCUT2D eigenvalue weighted by molar-refractivity contribution is 7.22. The number of hydrogen-bond acceptors (Lipinski definition) is 5. The van der Waals surface area contributed by atoms with Crippen molar-refractivity contribution in [3.63, 3.8) is 0 Å². The lowest BCUT2D eigenvalue weighted by atomic mass is 9.99. The van der Waals surface area contributed by atoms with E-state index < -0.39 is 0 Å². The molecule has 5 rings (SSSR count). The second-order valence-corrected chi connectivity index (χ2v) is 12.1. The summed E-state index contributed by atoms with van der Waals surface area (Å²) in [6.07, 6.45) is 1.90. The molecule has 0 saturated carbocycles. The Balaban J connectivity index is 0.00000423. The number of hydrogen-bond donors (Lipinski definition) is 0. The van der Waals surface area contributed by atoms with Gasteiger partial charge in [-0.2, -0.15) is 0 Å². The summed E-state index contributed by atoms with van der Waals surface area (Å²) in [6.45, 7) is 5.31. The maximum Gasteiger partial charge on any atom is 0.201 e. The highest BCUT2D eigenvalue weighted by Gasteiger charge is 2.25. The first kappa shape index (κ1) is 32.1. The molecule has 224 valence electrons. The van der Waals surface area contributed by atoms with E-state index in [1.54, 1.807) is 31.5 Å². The summed E-state index contributed by atoms with van der Waals surface area (Å²) in [5, 5.41) is 0.525. The number of nitrogens with zero attached hydrogens (tertiary/aromatic N) is 2. The van der Waals surface area contributed by atoms with Gasteiger partial charge in [0.25, 0.3) is 0 Å². The molecule has 0 bridgehead atoms. The zero-order chi connectivity index (χ0) is 29.8. The number of thiophene rings is 1. The van der Waals surface area contributed by atoms with Crippen molar-refractivity contribution < 1.29 is 13.9 Å². The molecule has 0 saturated heterocycles. The van der Waals surface area contributed by atoms with Crippen LogP contribution in [-0.4, -0.2) is 29.4 Å². The van der Waals surface area contributed by atoms with Crippen LogP contribution in [0.25, 0.3) is 20.7 Å². The van der Waals surface area contributed by atoms with Crippen molar-refractivity contribution in [2.75, 3.05) is 14.2 Å². The standard InChI is InChI=1S/C35H35FN2O3S.ClH/c1-23(2)18-31(39)28-22-38(20-26-12-8-9-13-30(26)36)35-32(33(28)40)29(21-37(3)19-24-10-6-5-7-11-24)34(42-35)25-14-16-27(41-4)17-15-25;/h5-17,22-23H,18-21H2,1-4H3;1H. The number of aromatic nitrogens is 1. The summed E-state index contributed by atoms with van der Waals surface area (Å²) in [5.74, 6) is 0.318. The molecular weight excluding hydrogens is 583 g/mol. The highest BCUT2D eigenvalue weighted by Crippen LogP contribution is 2.39. The van der Waals surface area contributed by atoms with E-state index in [1.165, 1.54) is 17.4 Å². The van der Waals surface area contributed by atoms with Gasteiger partial charge in [0, 0.05) is 36.1 Å². The number of benzene rings is 3. The Bertz CT molecular complexity index is 1760. The molecule has 0 aliphatic carbocycles. The number of carbonyl (C=O) groups is 1. The molecular formula is C35H36ClFN2O3S. The fourth-order valence-corrected chi connectivity index (χ4v) is 6.54. The molecule has 0 atom stereocenters. The first-order valence-electron chi connectivity index (χ1n) is 14.1. The molecule has 43 heavy (non-hydrogen) atoms. The molecule has 2 heterocycles. The SMILES string of the molecule is COc1ccc(-c2sc3c(c2CN(C)Cc2ccccc2)c(=O)c(C(=O)CC(C)C)cn3Cc2ccccc2F)cc1.Cl. The first-order chi connectivity index (χ1) is 20.2. The normalized spacial score (nSPS) is 11.2. The van der Waals surface area contributed by atoms with Crippen molar-refractivity contribution in [1.82, 2.24) is 9.47 Å². The number of rotatable bonds is 11. The molecule has 0 unspecified atom stereocenters. The Morgan fingerprint density at radius 3 is 2.30 bits per heavy atom. The van der Waals surface area contributed by atoms with Crippen molar-refractivity contribution in [2.45, 2.75) is 39.9 Å². The number of pyridine rings is 1. The Labute approximate surface area is 262 Å². The summed E-state index contributed by atoms with van der Waals surface area (Å²) >= 11 is 1.50. The van der Waals surface area contributed by atoms with Crippen molar-refractivity contribution in [1.29, 1.82) is 0 Å². The second kappa shape index (κ2) is 14.1. The summed E-state index contributed by atoms with van der Waals surface area (Å²) in [5.41, 5.74) is 3.36. The maximum absolute atomic E-state index is 14.8. The molecule has 0 fully saturated rings. The number of ether oxygens (including phenoxy) is 1. The van der Waals surface area contributed by atoms with Crippen molar-refractivity contribution in [3.8, 4) is 16.2 Å². The minimum Gasteiger partial charge on any atom is -0.497 e. The third-order valence-electron chi connectivity index (χ3n) is 7.27. The third kappa shape index (κ3) is 7.24. The summed E-state index contributed by atoms with van der Waals surface area (Å²) in [6, 6.07) is 24.6. The van der Waals surface area contributed by atoms with Crippen LogP contribution in [0.1, 0.15) is 47.3 Å². The molecule has 3 aromatic carbocycles. The molecule has 8 heteroatoms. The van der Waals surface area contributed by atoms with Crippen LogP contribution >= 0.6 is 23.7 Å². The molecule has 0 amide bonds. The number of halogens is 2. The fraction of sp³-hybridized carbons (Fsp3) is 0.257. The van der Waals surface area contributed by atoms with E-state index in [9.17, 15) is 14.0 Å². The summed E-state index contributed by atoms with van der Waals surface area (Å²) in [4.78, 5) is 31.4. The van der Waals surface area contributed by atoms with Crippen molar-refractivity contribution >= 4 is 39.7 Å². The molecule has 0 N–H and O–H groups in total. The van der Waals surface area contributed by atoms with E-state index in [4.69, 9.17) is 4.74 Å². The Hall–Kier alpha value is -3.78. The van der Waals surface area contributed by atoms with Gasteiger partial charge in [0.1, 0.15) is 16.4 Å². The van der Waals surface area contributed by atoms with Crippen LogP contribution in [0.15, 0.2) is 89.9 Å². The topological polar surface area (TPSA) is 51.5 Å². The van der Waals surface area contributed by atoms with Crippen LogP contribution in [0.5, 0.6) is 5.75 Å². The molecule has 5 aromatic rings. The molecule has 0 aliphatic rings. The molecule has 0 radical (unpaired) electrons. The van der Waals surface area contributed by atoms with Crippen molar-refractivity contribution in [2.24, 2.45) is 5.92 Å². The van der Waals surface area contributed by atoms with Crippen LogP contribution in [0.3, 0.4) is 0 Å². The number of carbonyl (C=O) groups excluding carboxylic acids is 1. The predicted molar refractivity (Wildman–Crippen MR) is 176 cm³/mol. The Morgan fingerprint density at radius 1 is 0.977 bits per heavy atom. The van der Waals surface area contributed by atoms with Gasteiger partial charge in [-0.05, 0) is 60.0 Å². The third-order valence-corrected chi connectivity index (χ3v) is 8.59. The van der Waals surface area contributed by atoms with E-state index in [-0.39, 0.29) is 53.9 Å². The average Bonchev–Trinajstić information content (AvgIpc) is 3.35. The highest BCUT2D eigenvalue weighted by atomic mass is 35.5.